The minimum absolute atomic E-state index is 0.0889. The number of aromatic nitrogens is 4. The number of carboxylic acid groups (broad SMARTS) is 1. The molecule has 0 saturated heterocycles. The Labute approximate surface area is 149 Å². The molecule has 3 aromatic rings. The second-order valence-corrected chi connectivity index (χ2v) is 6.00. The van der Waals surface area contributed by atoms with Crippen LogP contribution in [0, 0.1) is 0 Å². The highest BCUT2D eigenvalue weighted by Crippen LogP contribution is 2.34. The van der Waals surface area contributed by atoms with E-state index in [-0.39, 0.29) is 5.69 Å². The number of carboxylic acids is 1. The first-order chi connectivity index (χ1) is 12.6. The third-order valence-electron chi connectivity index (χ3n) is 4.43. The molecule has 1 aliphatic rings. The van der Waals surface area contributed by atoms with Gasteiger partial charge in [-0.05, 0) is 30.5 Å². The number of ether oxygens (including phenoxy) is 1. The fourth-order valence-electron chi connectivity index (χ4n) is 3.26. The van der Waals surface area contributed by atoms with Crippen molar-refractivity contribution in [2.75, 3.05) is 12.4 Å². The van der Waals surface area contributed by atoms with E-state index >= 15 is 0 Å². The Bertz CT molecular complexity index is 1010. The van der Waals surface area contributed by atoms with Gasteiger partial charge in [-0.2, -0.15) is 5.10 Å². The minimum atomic E-state index is -1.02. The highest BCUT2D eigenvalue weighted by Gasteiger charge is 2.28. The van der Waals surface area contributed by atoms with Crippen molar-refractivity contribution in [2.24, 2.45) is 7.05 Å². The number of para-hydroxylation sites is 2. The van der Waals surface area contributed by atoms with E-state index in [1.807, 2.05) is 24.3 Å². The van der Waals surface area contributed by atoms with Crippen LogP contribution in [0.1, 0.15) is 21.6 Å². The number of hydrogen-bond donors (Lipinski definition) is 2. The third kappa shape index (κ3) is 2.55. The maximum absolute atomic E-state index is 11.4. The molecule has 0 amide bonds. The second kappa shape index (κ2) is 6.14. The molecule has 0 atom stereocenters. The van der Waals surface area contributed by atoms with Crippen molar-refractivity contribution in [1.29, 1.82) is 0 Å². The zero-order valence-corrected chi connectivity index (χ0v) is 14.4. The lowest BCUT2D eigenvalue weighted by Gasteiger charge is -2.17. The molecule has 2 N–H and O–H groups in total. The Morgan fingerprint density at radius 1 is 1.31 bits per heavy atom. The van der Waals surface area contributed by atoms with Gasteiger partial charge in [-0.3, -0.25) is 4.68 Å². The van der Waals surface area contributed by atoms with Crippen LogP contribution >= 0.6 is 0 Å². The summed E-state index contributed by atoms with van der Waals surface area (Å²) in [6.07, 6.45) is 3.07. The van der Waals surface area contributed by atoms with Crippen molar-refractivity contribution in [3.8, 4) is 17.1 Å². The predicted molar refractivity (Wildman–Crippen MR) is 94.9 cm³/mol. The molecule has 8 nitrogen and oxygen atoms in total. The van der Waals surface area contributed by atoms with Crippen molar-refractivity contribution in [2.45, 2.75) is 12.8 Å². The smallest absolute Gasteiger partial charge is 0.356 e. The van der Waals surface area contributed by atoms with Gasteiger partial charge in [-0.15, -0.1) is 0 Å². The first-order valence-corrected chi connectivity index (χ1v) is 8.14. The van der Waals surface area contributed by atoms with Crippen LogP contribution in [0.15, 0.2) is 30.5 Å². The first-order valence-electron chi connectivity index (χ1n) is 8.14. The Kier molecular flexibility index (Phi) is 3.80. The Morgan fingerprint density at radius 2 is 2.12 bits per heavy atom. The number of hydrogen-bond acceptors (Lipinski definition) is 6. The van der Waals surface area contributed by atoms with Crippen molar-refractivity contribution >= 4 is 17.6 Å². The van der Waals surface area contributed by atoms with Gasteiger partial charge >= 0.3 is 5.97 Å². The summed E-state index contributed by atoms with van der Waals surface area (Å²) in [4.78, 5) is 20.5. The number of nitrogens with one attached hydrogen (secondary N) is 1. The van der Waals surface area contributed by atoms with Crippen LogP contribution in [0.2, 0.25) is 0 Å². The Morgan fingerprint density at radius 3 is 2.88 bits per heavy atom. The summed E-state index contributed by atoms with van der Waals surface area (Å²) in [7, 11) is 3.33. The van der Waals surface area contributed by atoms with Gasteiger partial charge in [0.1, 0.15) is 5.75 Å². The average molecular weight is 351 g/mol. The topological polar surface area (TPSA) is 102 Å². The van der Waals surface area contributed by atoms with Crippen LogP contribution in [0.25, 0.3) is 11.4 Å². The van der Waals surface area contributed by atoms with Gasteiger partial charge in [0.2, 0.25) is 5.95 Å². The zero-order chi connectivity index (χ0) is 18.3. The monoisotopic (exact) mass is 351 g/mol. The zero-order valence-electron chi connectivity index (χ0n) is 14.4. The van der Waals surface area contributed by atoms with Crippen LogP contribution in [0.4, 0.5) is 11.6 Å². The molecule has 2 aromatic heterocycles. The molecule has 0 spiro atoms. The van der Waals surface area contributed by atoms with E-state index < -0.39 is 5.97 Å². The Balaban J connectivity index is 1.77. The fraction of sp³-hybridized carbons (Fsp3) is 0.222. The highest BCUT2D eigenvalue weighted by molar-refractivity contribution is 5.90. The predicted octanol–water partition coefficient (Wildman–Crippen LogP) is 2.43. The number of methoxy groups -OCH3 is 1. The SMILES string of the molecule is COc1ccccc1Nc1ncc2c(n1)-c1c(c(C(=O)O)nn1C)CC2. The third-order valence-corrected chi connectivity index (χ3v) is 4.43. The van der Waals surface area contributed by atoms with Crippen LogP contribution in [-0.4, -0.2) is 37.9 Å². The second-order valence-electron chi connectivity index (χ2n) is 6.00. The van der Waals surface area contributed by atoms with E-state index in [4.69, 9.17) is 4.74 Å². The van der Waals surface area contributed by atoms with Gasteiger partial charge in [-0.1, -0.05) is 12.1 Å². The molecule has 0 radical (unpaired) electrons. The maximum atomic E-state index is 11.4. The molecular weight excluding hydrogens is 334 g/mol. The van der Waals surface area contributed by atoms with E-state index in [2.05, 4.69) is 20.4 Å². The van der Waals surface area contributed by atoms with Crippen LogP contribution in [0.5, 0.6) is 5.75 Å². The molecule has 1 aromatic carbocycles. The number of fused-ring (bicyclic) bond motifs is 3. The lowest BCUT2D eigenvalue weighted by atomic mass is 9.93. The lowest BCUT2D eigenvalue weighted by molar-refractivity contribution is 0.0688. The molecular formula is C18H17N5O3. The molecule has 0 aliphatic heterocycles. The minimum Gasteiger partial charge on any atom is -0.495 e. The number of anilines is 2. The summed E-state index contributed by atoms with van der Waals surface area (Å²) in [6.45, 7) is 0. The van der Waals surface area contributed by atoms with Crippen LogP contribution in [-0.2, 0) is 19.9 Å². The molecule has 4 rings (SSSR count). The lowest BCUT2D eigenvalue weighted by Crippen LogP contribution is -2.11. The number of rotatable bonds is 4. The normalized spacial score (nSPS) is 12.2. The van der Waals surface area contributed by atoms with Crippen molar-refractivity contribution in [1.82, 2.24) is 19.7 Å². The van der Waals surface area contributed by atoms with Gasteiger partial charge in [0.25, 0.3) is 0 Å². The van der Waals surface area contributed by atoms with Gasteiger partial charge < -0.3 is 15.2 Å². The molecule has 26 heavy (non-hydrogen) atoms. The summed E-state index contributed by atoms with van der Waals surface area (Å²) in [5, 5.41) is 16.7. The number of aryl methyl sites for hydroxylation is 2. The number of nitrogens with zero attached hydrogens (tertiary/aromatic N) is 4. The van der Waals surface area contributed by atoms with E-state index in [0.29, 0.717) is 30.2 Å². The van der Waals surface area contributed by atoms with Crippen molar-refractivity contribution in [3.05, 3.63) is 47.3 Å². The quantitative estimate of drug-likeness (QED) is 0.744. The first kappa shape index (κ1) is 16.1. The standard InChI is InChI=1S/C18H17N5O3/c1-23-16-11(15(22-23)17(24)25)8-7-10-9-19-18(21-14(10)16)20-12-5-3-4-6-13(12)26-2/h3-6,9H,7-8H2,1-2H3,(H,24,25)(H,19,20,21). The number of benzene rings is 1. The van der Waals surface area contributed by atoms with Gasteiger partial charge in [0.15, 0.2) is 5.69 Å². The molecule has 0 bridgehead atoms. The van der Waals surface area contributed by atoms with Gasteiger partial charge in [0, 0.05) is 18.8 Å². The van der Waals surface area contributed by atoms with E-state index in [1.165, 1.54) is 0 Å². The molecule has 0 fully saturated rings. The van der Waals surface area contributed by atoms with Crippen molar-refractivity contribution in [3.63, 3.8) is 0 Å². The highest BCUT2D eigenvalue weighted by atomic mass is 16.5. The van der Waals surface area contributed by atoms with Crippen LogP contribution in [0.3, 0.4) is 0 Å². The summed E-state index contributed by atoms with van der Waals surface area (Å²) >= 11 is 0. The van der Waals surface area contributed by atoms with Gasteiger partial charge in [-0.25, -0.2) is 14.8 Å². The average Bonchev–Trinajstić information content (AvgIpc) is 2.99. The van der Waals surface area contributed by atoms with E-state index in [0.717, 1.165) is 22.5 Å². The number of carbonyl (C=O) groups is 1. The van der Waals surface area contributed by atoms with E-state index in [9.17, 15) is 9.90 Å². The molecule has 0 unspecified atom stereocenters. The molecule has 2 heterocycles. The molecule has 8 heteroatoms. The molecule has 1 aliphatic carbocycles. The summed E-state index contributed by atoms with van der Waals surface area (Å²) in [5.41, 5.74) is 3.97. The van der Waals surface area contributed by atoms with E-state index in [1.54, 1.807) is 25.0 Å². The summed E-state index contributed by atoms with van der Waals surface area (Å²) in [6, 6.07) is 7.49. The Hall–Kier alpha value is -3.42. The number of aromatic carboxylic acids is 1. The largest absolute Gasteiger partial charge is 0.495 e. The van der Waals surface area contributed by atoms with Crippen LogP contribution < -0.4 is 10.1 Å². The maximum Gasteiger partial charge on any atom is 0.356 e. The molecule has 132 valence electrons. The molecule has 0 saturated carbocycles. The summed E-state index contributed by atoms with van der Waals surface area (Å²) in [5.74, 6) is 0.0779. The van der Waals surface area contributed by atoms with Gasteiger partial charge in [0.05, 0.1) is 24.2 Å². The van der Waals surface area contributed by atoms with Crippen molar-refractivity contribution < 1.29 is 14.6 Å². The fourth-order valence-corrected chi connectivity index (χ4v) is 3.26. The summed E-state index contributed by atoms with van der Waals surface area (Å²) < 4.78 is 6.92.